The predicted octanol–water partition coefficient (Wildman–Crippen LogP) is 5.28. The maximum absolute atomic E-state index is 12.2. The lowest BCUT2D eigenvalue weighted by molar-refractivity contribution is -0.165. The largest absolute Gasteiger partial charge is 0.343 e. The van der Waals surface area contributed by atoms with E-state index in [-0.39, 0.29) is 11.4 Å². The first kappa shape index (κ1) is 18.1. The van der Waals surface area contributed by atoms with Gasteiger partial charge in [-0.3, -0.25) is 4.84 Å². The van der Waals surface area contributed by atoms with Crippen molar-refractivity contribution in [2.75, 3.05) is 0 Å². The first-order valence-electron chi connectivity index (χ1n) is 7.50. The van der Waals surface area contributed by atoms with Gasteiger partial charge in [0.05, 0.1) is 5.41 Å². The fraction of sp³-hybridized carbons (Fsp3) is 0.933. The molecule has 0 amide bonds. The molecule has 0 spiro atoms. The fourth-order valence-electron chi connectivity index (χ4n) is 2.95. The van der Waals surface area contributed by atoms with Crippen molar-refractivity contribution < 1.29 is 9.63 Å². The molecule has 0 heterocycles. The lowest BCUT2D eigenvalue weighted by atomic mass is 9.59. The van der Waals surface area contributed by atoms with Crippen LogP contribution in [0.2, 0.25) is 0 Å². The van der Waals surface area contributed by atoms with Crippen LogP contribution in [-0.4, -0.2) is 5.97 Å². The van der Waals surface area contributed by atoms with E-state index >= 15 is 0 Å². The second kappa shape index (κ2) is 8.28. The standard InChI is InChI=1S/C15H30N2O2/c1-6-9-11-15(8-3,12-10-7-2)14(4,5)13(18)19-17-16/h16H,6-12H2,1-5H3. The van der Waals surface area contributed by atoms with Crippen LogP contribution in [0.15, 0.2) is 5.28 Å². The Balaban J connectivity index is 5.25. The van der Waals surface area contributed by atoms with Crippen LogP contribution in [0.4, 0.5) is 0 Å². The molecule has 0 aliphatic carbocycles. The molecule has 0 saturated carbocycles. The van der Waals surface area contributed by atoms with E-state index in [4.69, 9.17) is 5.53 Å². The average Bonchev–Trinajstić information content (AvgIpc) is 2.39. The Morgan fingerprint density at radius 2 is 1.58 bits per heavy atom. The molecule has 4 heteroatoms. The van der Waals surface area contributed by atoms with Gasteiger partial charge in [0, 0.05) is 5.28 Å². The molecule has 1 N–H and O–H groups in total. The van der Waals surface area contributed by atoms with E-state index < -0.39 is 5.41 Å². The molecule has 19 heavy (non-hydrogen) atoms. The quantitative estimate of drug-likeness (QED) is 0.433. The molecular formula is C15H30N2O2. The summed E-state index contributed by atoms with van der Waals surface area (Å²) in [5.41, 5.74) is 6.08. The summed E-state index contributed by atoms with van der Waals surface area (Å²) in [6.07, 6.45) is 7.50. The van der Waals surface area contributed by atoms with Crippen molar-refractivity contribution in [3.63, 3.8) is 0 Å². The van der Waals surface area contributed by atoms with Gasteiger partial charge < -0.3 is 0 Å². The molecule has 0 aliphatic heterocycles. The van der Waals surface area contributed by atoms with Gasteiger partial charge in [-0.1, -0.05) is 46.5 Å². The molecule has 0 atom stereocenters. The van der Waals surface area contributed by atoms with Crippen LogP contribution in [0.3, 0.4) is 0 Å². The molecule has 4 nitrogen and oxygen atoms in total. The van der Waals surface area contributed by atoms with Crippen molar-refractivity contribution in [2.24, 2.45) is 16.1 Å². The summed E-state index contributed by atoms with van der Waals surface area (Å²) in [7, 11) is 0. The van der Waals surface area contributed by atoms with Crippen molar-refractivity contribution in [1.29, 1.82) is 5.53 Å². The second-order valence-corrected chi connectivity index (χ2v) is 5.94. The molecule has 0 saturated heterocycles. The van der Waals surface area contributed by atoms with E-state index in [1.807, 2.05) is 13.8 Å². The van der Waals surface area contributed by atoms with Crippen LogP contribution < -0.4 is 0 Å². The van der Waals surface area contributed by atoms with Gasteiger partial charge in [0.1, 0.15) is 0 Å². The second-order valence-electron chi connectivity index (χ2n) is 5.94. The predicted molar refractivity (Wildman–Crippen MR) is 76.8 cm³/mol. The van der Waals surface area contributed by atoms with Gasteiger partial charge in [-0.2, -0.15) is 5.53 Å². The summed E-state index contributed by atoms with van der Waals surface area (Å²) < 4.78 is 0. The van der Waals surface area contributed by atoms with Crippen LogP contribution in [-0.2, 0) is 9.63 Å². The van der Waals surface area contributed by atoms with Gasteiger partial charge in [-0.25, -0.2) is 4.79 Å². The number of carbonyl (C=O) groups is 1. The van der Waals surface area contributed by atoms with Crippen LogP contribution in [0, 0.1) is 16.4 Å². The van der Waals surface area contributed by atoms with Crippen molar-refractivity contribution >= 4 is 5.97 Å². The Morgan fingerprint density at radius 3 is 1.89 bits per heavy atom. The third kappa shape index (κ3) is 4.29. The minimum Gasteiger partial charge on any atom is -0.300 e. The number of carbonyl (C=O) groups excluding carboxylic acids is 1. The molecular weight excluding hydrogens is 240 g/mol. The summed E-state index contributed by atoms with van der Waals surface area (Å²) in [5, 5.41) is 2.81. The highest BCUT2D eigenvalue weighted by Crippen LogP contribution is 2.50. The molecule has 0 bridgehead atoms. The Labute approximate surface area is 117 Å². The van der Waals surface area contributed by atoms with Crippen molar-refractivity contribution in [2.45, 2.75) is 79.6 Å². The smallest absolute Gasteiger partial charge is 0.300 e. The highest BCUT2D eigenvalue weighted by molar-refractivity contribution is 5.76. The molecule has 0 aromatic heterocycles. The number of hydrogen-bond acceptors (Lipinski definition) is 4. The number of rotatable bonds is 10. The van der Waals surface area contributed by atoms with Crippen molar-refractivity contribution in [3.8, 4) is 0 Å². The normalized spacial score (nSPS) is 12.3. The zero-order valence-corrected chi connectivity index (χ0v) is 13.2. The number of hydrogen-bond donors (Lipinski definition) is 1. The van der Waals surface area contributed by atoms with Crippen LogP contribution >= 0.6 is 0 Å². The molecule has 0 unspecified atom stereocenters. The fourth-order valence-corrected chi connectivity index (χ4v) is 2.95. The maximum Gasteiger partial charge on any atom is 0.343 e. The van der Waals surface area contributed by atoms with Crippen molar-refractivity contribution in [3.05, 3.63) is 0 Å². The van der Waals surface area contributed by atoms with Crippen LogP contribution in [0.5, 0.6) is 0 Å². The van der Waals surface area contributed by atoms with Crippen molar-refractivity contribution in [1.82, 2.24) is 0 Å². The molecule has 0 aromatic carbocycles. The molecule has 0 fully saturated rings. The Hall–Kier alpha value is -0.930. The summed E-state index contributed by atoms with van der Waals surface area (Å²) in [6.45, 7) is 10.4. The zero-order chi connectivity index (χ0) is 14.9. The third-order valence-corrected chi connectivity index (χ3v) is 4.66. The first-order valence-corrected chi connectivity index (χ1v) is 7.50. The zero-order valence-electron chi connectivity index (χ0n) is 13.2. The van der Waals surface area contributed by atoms with Gasteiger partial charge in [0.15, 0.2) is 0 Å². The minimum atomic E-state index is -0.601. The van der Waals surface area contributed by atoms with E-state index in [1.54, 1.807) is 0 Å². The molecule has 0 radical (unpaired) electrons. The minimum absolute atomic E-state index is 0.0548. The highest BCUT2D eigenvalue weighted by Gasteiger charge is 2.49. The van der Waals surface area contributed by atoms with E-state index in [2.05, 4.69) is 30.9 Å². The van der Waals surface area contributed by atoms with E-state index in [1.165, 1.54) is 0 Å². The summed E-state index contributed by atoms with van der Waals surface area (Å²) in [5.74, 6) is -0.378. The maximum atomic E-state index is 12.2. The molecule has 112 valence electrons. The first-order chi connectivity index (χ1) is 8.91. The van der Waals surface area contributed by atoms with E-state index in [0.717, 1.165) is 44.9 Å². The van der Waals surface area contributed by atoms with Crippen LogP contribution in [0.1, 0.15) is 79.6 Å². The third-order valence-electron chi connectivity index (χ3n) is 4.66. The summed E-state index contributed by atoms with van der Waals surface area (Å²) >= 11 is 0. The lowest BCUT2D eigenvalue weighted by Gasteiger charge is -2.44. The SMILES string of the molecule is CCCCC(CC)(CCCC)C(C)(C)C(=O)ON=N. The van der Waals surface area contributed by atoms with Gasteiger partial charge in [0.25, 0.3) is 0 Å². The molecule has 0 aliphatic rings. The molecule has 0 rings (SSSR count). The summed E-state index contributed by atoms with van der Waals surface area (Å²) in [6, 6.07) is 0. The topological polar surface area (TPSA) is 62.5 Å². The monoisotopic (exact) mass is 270 g/mol. The summed E-state index contributed by atoms with van der Waals surface area (Å²) in [4.78, 5) is 16.8. The van der Waals surface area contributed by atoms with Crippen LogP contribution in [0.25, 0.3) is 0 Å². The van der Waals surface area contributed by atoms with E-state index in [9.17, 15) is 4.79 Å². The Kier molecular flexibility index (Phi) is 7.88. The van der Waals surface area contributed by atoms with Gasteiger partial charge >= 0.3 is 5.97 Å². The van der Waals surface area contributed by atoms with Gasteiger partial charge in [0.2, 0.25) is 0 Å². The average molecular weight is 270 g/mol. The van der Waals surface area contributed by atoms with Gasteiger partial charge in [-0.15, -0.1) is 0 Å². The lowest BCUT2D eigenvalue weighted by Crippen LogP contribution is -2.44. The highest BCUT2D eigenvalue weighted by atomic mass is 16.7. The molecule has 0 aromatic rings. The van der Waals surface area contributed by atoms with Gasteiger partial charge in [-0.05, 0) is 38.5 Å². The number of unbranched alkanes of at least 4 members (excludes halogenated alkanes) is 2. The number of nitrogens with one attached hydrogen (secondary N) is 1. The van der Waals surface area contributed by atoms with E-state index in [0.29, 0.717) is 0 Å². The number of nitrogens with zero attached hydrogens (tertiary/aromatic N) is 1. The Bertz CT molecular complexity index is 280. The Morgan fingerprint density at radius 1 is 1.11 bits per heavy atom.